The lowest BCUT2D eigenvalue weighted by atomic mass is 9.90. The third-order valence-electron chi connectivity index (χ3n) is 3.00. The van der Waals surface area contributed by atoms with Crippen molar-refractivity contribution in [3.05, 3.63) is 42.0 Å². The molecule has 0 spiro atoms. The van der Waals surface area contributed by atoms with Gasteiger partial charge in [0.05, 0.1) is 5.60 Å². The Balaban J connectivity index is 2.06. The van der Waals surface area contributed by atoms with Crippen LogP contribution in [0.25, 0.3) is 6.08 Å². The maximum absolute atomic E-state index is 10.1. The van der Waals surface area contributed by atoms with Crippen LogP contribution in [0.5, 0.6) is 0 Å². The van der Waals surface area contributed by atoms with Gasteiger partial charge < -0.3 is 9.84 Å². The molecule has 0 aliphatic carbocycles. The lowest BCUT2D eigenvalue weighted by Crippen LogP contribution is -2.43. The van der Waals surface area contributed by atoms with Gasteiger partial charge in [-0.05, 0) is 25.3 Å². The highest BCUT2D eigenvalue weighted by Crippen LogP contribution is 2.26. The van der Waals surface area contributed by atoms with Crippen LogP contribution in [-0.2, 0) is 4.74 Å². The van der Waals surface area contributed by atoms with E-state index in [1.807, 2.05) is 49.4 Å². The normalized spacial score (nSPS) is 30.8. The fourth-order valence-corrected chi connectivity index (χ4v) is 1.99. The summed E-state index contributed by atoms with van der Waals surface area (Å²) in [6, 6.07) is 10.1. The monoisotopic (exact) mass is 218 g/mol. The predicted molar refractivity (Wildman–Crippen MR) is 65.1 cm³/mol. The molecule has 1 fully saturated rings. The molecule has 0 radical (unpaired) electrons. The first-order chi connectivity index (χ1) is 7.68. The number of aliphatic hydroxyl groups is 1. The second-order valence-corrected chi connectivity index (χ2v) is 4.52. The van der Waals surface area contributed by atoms with Gasteiger partial charge in [-0.15, -0.1) is 0 Å². The van der Waals surface area contributed by atoms with Crippen molar-refractivity contribution in [1.82, 2.24) is 0 Å². The van der Waals surface area contributed by atoms with E-state index in [1.165, 1.54) is 0 Å². The van der Waals surface area contributed by atoms with Gasteiger partial charge in [0.2, 0.25) is 0 Å². The summed E-state index contributed by atoms with van der Waals surface area (Å²) >= 11 is 0. The zero-order valence-corrected chi connectivity index (χ0v) is 9.60. The van der Waals surface area contributed by atoms with Crippen LogP contribution < -0.4 is 0 Å². The smallest absolute Gasteiger partial charge is 0.104 e. The topological polar surface area (TPSA) is 29.5 Å². The molecule has 1 saturated heterocycles. The van der Waals surface area contributed by atoms with Crippen LogP contribution in [0.3, 0.4) is 0 Å². The second kappa shape index (κ2) is 4.81. The Kier molecular flexibility index (Phi) is 3.42. The van der Waals surface area contributed by atoms with Crippen LogP contribution in [0.4, 0.5) is 0 Å². The fourth-order valence-electron chi connectivity index (χ4n) is 1.99. The van der Waals surface area contributed by atoms with Crippen molar-refractivity contribution >= 4 is 6.08 Å². The molecule has 1 N–H and O–H groups in total. The number of benzene rings is 1. The van der Waals surface area contributed by atoms with E-state index >= 15 is 0 Å². The standard InChI is InChI=1S/C14H18O2/c1-14(15)10-5-11-16-13(14)9-8-12-6-3-2-4-7-12/h2-4,6-9,13,15H,5,10-11H2,1H3/b9-8-/t13-,14-/m1/s1. The maximum atomic E-state index is 10.1. The minimum Gasteiger partial charge on any atom is -0.387 e. The summed E-state index contributed by atoms with van der Waals surface area (Å²) in [6.07, 6.45) is 5.50. The summed E-state index contributed by atoms with van der Waals surface area (Å²) in [5, 5.41) is 10.1. The summed E-state index contributed by atoms with van der Waals surface area (Å²) in [6.45, 7) is 2.58. The van der Waals surface area contributed by atoms with E-state index in [2.05, 4.69) is 0 Å². The van der Waals surface area contributed by atoms with Crippen molar-refractivity contribution in [1.29, 1.82) is 0 Å². The predicted octanol–water partition coefficient (Wildman–Crippen LogP) is 2.63. The molecule has 0 bridgehead atoms. The zero-order chi connectivity index (χ0) is 11.4. The lowest BCUT2D eigenvalue weighted by molar-refractivity contribution is -0.111. The highest BCUT2D eigenvalue weighted by molar-refractivity contribution is 5.49. The Labute approximate surface area is 96.6 Å². The van der Waals surface area contributed by atoms with Gasteiger partial charge in [0.15, 0.2) is 0 Å². The average Bonchev–Trinajstić information content (AvgIpc) is 2.28. The lowest BCUT2D eigenvalue weighted by Gasteiger charge is -2.35. The van der Waals surface area contributed by atoms with Crippen LogP contribution in [0.1, 0.15) is 25.3 Å². The van der Waals surface area contributed by atoms with Crippen molar-refractivity contribution in [2.75, 3.05) is 6.61 Å². The van der Waals surface area contributed by atoms with Crippen molar-refractivity contribution in [3.8, 4) is 0 Å². The van der Waals surface area contributed by atoms with E-state index in [9.17, 15) is 5.11 Å². The molecule has 2 nitrogen and oxygen atoms in total. The molecule has 1 heterocycles. The van der Waals surface area contributed by atoms with Gasteiger partial charge in [-0.3, -0.25) is 0 Å². The highest BCUT2D eigenvalue weighted by atomic mass is 16.5. The van der Waals surface area contributed by atoms with Gasteiger partial charge >= 0.3 is 0 Å². The van der Waals surface area contributed by atoms with Crippen LogP contribution in [0, 0.1) is 0 Å². The molecule has 2 heteroatoms. The molecular formula is C14H18O2. The van der Waals surface area contributed by atoms with Gasteiger partial charge in [0.1, 0.15) is 6.10 Å². The summed E-state index contributed by atoms with van der Waals surface area (Å²) in [4.78, 5) is 0. The Morgan fingerprint density at radius 3 is 2.81 bits per heavy atom. The van der Waals surface area contributed by atoms with E-state index in [4.69, 9.17) is 4.74 Å². The Hall–Kier alpha value is -1.12. The first kappa shape index (κ1) is 11.4. The molecule has 0 amide bonds. The van der Waals surface area contributed by atoms with Crippen molar-refractivity contribution < 1.29 is 9.84 Å². The maximum Gasteiger partial charge on any atom is 0.104 e. The van der Waals surface area contributed by atoms with Gasteiger partial charge in [0.25, 0.3) is 0 Å². The SMILES string of the molecule is C[C@@]1(O)CCCO[C@@H]1/C=C\c1ccccc1. The van der Waals surface area contributed by atoms with E-state index in [-0.39, 0.29) is 6.10 Å². The third-order valence-corrected chi connectivity index (χ3v) is 3.00. The average molecular weight is 218 g/mol. The van der Waals surface area contributed by atoms with Crippen LogP contribution in [-0.4, -0.2) is 23.4 Å². The molecule has 0 saturated carbocycles. The molecule has 0 aromatic heterocycles. The first-order valence-electron chi connectivity index (χ1n) is 5.76. The van der Waals surface area contributed by atoms with Gasteiger partial charge in [-0.1, -0.05) is 42.5 Å². The van der Waals surface area contributed by atoms with Crippen LogP contribution in [0.2, 0.25) is 0 Å². The highest BCUT2D eigenvalue weighted by Gasteiger charge is 2.33. The zero-order valence-electron chi connectivity index (χ0n) is 9.60. The molecular weight excluding hydrogens is 200 g/mol. The van der Waals surface area contributed by atoms with E-state index in [0.717, 1.165) is 25.0 Å². The Morgan fingerprint density at radius 1 is 1.38 bits per heavy atom. The van der Waals surface area contributed by atoms with Crippen molar-refractivity contribution in [2.24, 2.45) is 0 Å². The molecule has 1 aromatic rings. The molecule has 2 atom stereocenters. The molecule has 1 aliphatic heterocycles. The Bertz CT molecular complexity index is 354. The minimum atomic E-state index is -0.733. The molecule has 16 heavy (non-hydrogen) atoms. The fraction of sp³-hybridized carbons (Fsp3) is 0.429. The summed E-state index contributed by atoms with van der Waals surface area (Å²) in [7, 11) is 0. The number of rotatable bonds is 2. The van der Waals surface area contributed by atoms with E-state index in [1.54, 1.807) is 0 Å². The van der Waals surface area contributed by atoms with Crippen LogP contribution in [0.15, 0.2) is 36.4 Å². The summed E-state index contributed by atoms with van der Waals surface area (Å²) in [5.74, 6) is 0. The third kappa shape index (κ3) is 2.71. The van der Waals surface area contributed by atoms with Gasteiger partial charge in [-0.2, -0.15) is 0 Å². The second-order valence-electron chi connectivity index (χ2n) is 4.52. The van der Waals surface area contributed by atoms with E-state index < -0.39 is 5.60 Å². The van der Waals surface area contributed by atoms with Crippen molar-refractivity contribution in [3.63, 3.8) is 0 Å². The molecule has 1 aliphatic rings. The number of hydrogen-bond acceptors (Lipinski definition) is 2. The van der Waals surface area contributed by atoms with Gasteiger partial charge in [0, 0.05) is 6.61 Å². The Morgan fingerprint density at radius 2 is 2.12 bits per heavy atom. The minimum absolute atomic E-state index is 0.193. The first-order valence-corrected chi connectivity index (χ1v) is 5.76. The van der Waals surface area contributed by atoms with Crippen LogP contribution >= 0.6 is 0 Å². The van der Waals surface area contributed by atoms with E-state index in [0.29, 0.717) is 0 Å². The number of hydrogen-bond donors (Lipinski definition) is 1. The number of ether oxygens (including phenoxy) is 1. The molecule has 86 valence electrons. The molecule has 0 unspecified atom stereocenters. The van der Waals surface area contributed by atoms with Crippen molar-refractivity contribution in [2.45, 2.75) is 31.5 Å². The largest absolute Gasteiger partial charge is 0.387 e. The molecule has 1 aromatic carbocycles. The summed E-state index contributed by atoms with van der Waals surface area (Å²) < 4.78 is 5.58. The summed E-state index contributed by atoms with van der Waals surface area (Å²) in [5.41, 5.74) is 0.399. The van der Waals surface area contributed by atoms with Gasteiger partial charge in [-0.25, -0.2) is 0 Å². The molecule has 2 rings (SSSR count). The quantitative estimate of drug-likeness (QED) is 0.827.